The fraction of sp³-hybridized carbons (Fsp3) is 0.800. The lowest BCUT2D eigenvalue weighted by Crippen LogP contribution is -2.41. The second-order valence-corrected chi connectivity index (χ2v) is 4.55. The lowest BCUT2D eigenvalue weighted by molar-refractivity contribution is -0.132. The van der Waals surface area contributed by atoms with Crippen LogP contribution in [-0.2, 0) is 14.3 Å². The highest BCUT2D eigenvalue weighted by molar-refractivity contribution is 8.00. The number of nitrogens with one attached hydrogen (secondary N) is 1. The van der Waals surface area contributed by atoms with E-state index >= 15 is 0 Å². The van der Waals surface area contributed by atoms with Gasteiger partial charge in [-0.2, -0.15) is 0 Å². The number of nitrogens with zero attached hydrogens (tertiary/aromatic N) is 1. The third-order valence-electron chi connectivity index (χ3n) is 2.26. The number of hydrogen-bond donors (Lipinski definition) is 2. The number of aliphatic hydroxyl groups is 1. The SMILES string of the molecule is O=C(CSCC(=O)N1CCOCC1)NCCO. The summed E-state index contributed by atoms with van der Waals surface area (Å²) in [6.45, 7) is 2.65. The van der Waals surface area contributed by atoms with Crippen molar-refractivity contribution in [2.45, 2.75) is 0 Å². The molecular weight excluding hydrogens is 244 g/mol. The van der Waals surface area contributed by atoms with Crippen LogP contribution in [0.15, 0.2) is 0 Å². The molecule has 17 heavy (non-hydrogen) atoms. The molecule has 0 aromatic rings. The van der Waals surface area contributed by atoms with Gasteiger partial charge in [0.25, 0.3) is 0 Å². The van der Waals surface area contributed by atoms with Crippen molar-refractivity contribution >= 4 is 23.6 Å². The minimum atomic E-state index is -0.154. The number of amides is 2. The third-order valence-corrected chi connectivity index (χ3v) is 3.17. The van der Waals surface area contributed by atoms with Crippen LogP contribution in [-0.4, -0.2) is 72.8 Å². The number of morpholine rings is 1. The van der Waals surface area contributed by atoms with E-state index in [2.05, 4.69) is 5.32 Å². The van der Waals surface area contributed by atoms with Crippen LogP contribution in [0, 0.1) is 0 Å². The number of thioether (sulfide) groups is 1. The first kappa shape index (κ1) is 14.3. The molecule has 0 aromatic heterocycles. The molecule has 7 heteroatoms. The Hall–Kier alpha value is -0.790. The van der Waals surface area contributed by atoms with Crippen LogP contribution in [0.2, 0.25) is 0 Å². The van der Waals surface area contributed by atoms with Crippen molar-refractivity contribution in [2.75, 3.05) is 51.0 Å². The minimum absolute atomic E-state index is 0.0493. The van der Waals surface area contributed by atoms with Crippen molar-refractivity contribution < 1.29 is 19.4 Å². The van der Waals surface area contributed by atoms with E-state index in [-0.39, 0.29) is 30.7 Å². The van der Waals surface area contributed by atoms with E-state index in [0.29, 0.717) is 32.1 Å². The zero-order valence-electron chi connectivity index (χ0n) is 9.68. The molecule has 0 radical (unpaired) electrons. The topological polar surface area (TPSA) is 78.9 Å². The molecule has 0 aromatic carbocycles. The Morgan fingerprint density at radius 1 is 1.29 bits per heavy atom. The molecule has 1 rings (SSSR count). The van der Waals surface area contributed by atoms with Crippen LogP contribution >= 0.6 is 11.8 Å². The molecule has 1 saturated heterocycles. The summed E-state index contributed by atoms with van der Waals surface area (Å²) in [5, 5.41) is 11.0. The second-order valence-electron chi connectivity index (χ2n) is 3.56. The lowest BCUT2D eigenvalue weighted by atomic mass is 10.4. The van der Waals surface area contributed by atoms with Crippen molar-refractivity contribution in [1.29, 1.82) is 0 Å². The fourth-order valence-corrected chi connectivity index (χ4v) is 2.13. The normalized spacial score (nSPS) is 15.7. The van der Waals surface area contributed by atoms with Crippen LogP contribution in [0.25, 0.3) is 0 Å². The molecule has 0 unspecified atom stereocenters. The van der Waals surface area contributed by atoms with E-state index < -0.39 is 0 Å². The van der Waals surface area contributed by atoms with Gasteiger partial charge in [-0.3, -0.25) is 9.59 Å². The zero-order valence-corrected chi connectivity index (χ0v) is 10.5. The highest BCUT2D eigenvalue weighted by Crippen LogP contribution is 2.04. The molecule has 0 aliphatic carbocycles. The maximum atomic E-state index is 11.7. The Morgan fingerprint density at radius 2 is 2.00 bits per heavy atom. The number of ether oxygens (including phenoxy) is 1. The van der Waals surface area contributed by atoms with Gasteiger partial charge >= 0.3 is 0 Å². The van der Waals surface area contributed by atoms with E-state index in [1.165, 1.54) is 11.8 Å². The van der Waals surface area contributed by atoms with E-state index in [1.54, 1.807) is 4.90 Å². The van der Waals surface area contributed by atoms with Gasteiger partial charge in [-0.1, -0.05) is 0 Å². The first-order chi connectivity index (χ1) is 8.24. The maximum absolute atomic E-state index is 11.7. The first-order valence-corrected chi connectivity index (χ1v) is 6.70. The van der Waals surface area contributed by atoms with Crippen LogP contribution in [0.4, 0.5) is 0 Å². The van der Waals surface area contributed by atoms with E-state index in [4.69, 9.17) is 9.84 Å². The summed E-state index contributed by atoms with van der Waals surface area (Å²) < 4.78 is 5.15. The van der Waals surface area contributed by atoms with Crippen molar-refractivity contribution in [2.24, 2.45) is 0 Å². The summed E-state index contributed by atoms with van der Waals surface area (Å²) in [5.41, 5.74) is 0. The standard InChI is InChI=1S/C10H18N2O4S/c13-4-1-11-9(14)7-17-8-10(15)12-2-5-16-6-3-12/h13H,1-8H2,(H,11,14). The van der Waals surface area contributed by atoms with Gasteiger partial charge < -0.3 is 20.1 Å². The highest BCUT2D eigenvalue weighted by Gasteiger charge is 2.16. The molecule has 2 amide bonds. The molecule has 6 nitrogen and oxygen atoms in total. The Kier molecular flexibility index (Phi) is 6.99. The average Bonchev–Trinajstić information content (AvgIpc) is 2.37. The van der Waals surface area contributed by atoms with Gasteiger partial charge in [0, 0.05) is 19.6 Å². The second kappa shape index (κ2) is 8.32. The predicted octanol–water partition coefficient (Wildman–Crippen LogP) is -1.31. The number of aliphatic hydroxyl groups excluding tert-OH is 1. The van der Waals surface area contributed by atoms with Gasteiger partial charge in [0.15, 0.2) is 0 Å². The number of hydrogen-bond acceptors (Lipinski definition) is 5. The summed E-state index contributed by atoms with van der Waals surface area (Å²) in [5.74, 6) is 0.454. The molecule has 0 bridgehead atoms. The smallest absolute Gasteiger partial charge is 0.232 e. The monoisotopic (exact) mass is 262 g/mol. The van der Waals surface area contributed by atoms with Gasteiger partial charge in [0.05, 0.1) is 31.3 Å². The Labute approximate surface area is 105 Å². The summed E-state index contributed by atoms with van der Waals surface area (Å²) in [4.78, 5) is 24.6. The van der Waals surface area contributed by atoms with Crippen LogP contribution < -0.4 is 5.32 Å². The minimum Gasteiger partial charge on any atom is -0.395 e. The lowest BCUT2D eigenvalue weighted by Gasteiger charge is -2.26. The quantitative estimate of drug-likeness (QED) is 0.621. The molecule has 0 atom stereocenters. The molecular formula is C10H18N2O4S. The molecule has 1 fully saturated rings. The molecule has 1 heterocycles. The first-order valence-electron chi connectivity index (χ1n) is 5.55. The largest absolute Gasteiger partial charge is 0.395 e. The van der Waals surface area contributed by atoms with Crippen LogP contribution in [0.1, 0.15) is 0 Å². The van der Waals surface area contributed by atoms with Crippen molar-refractivity contribution in [3.63, 3.8) is 0 Å². The number of carbonyl (C=O) groups is 2. The van der Waals surface area contributed by atoms with Crippen LogP contribution in [0.3, 0.4) is 0 Å². The van der Waals surface area contributed by atoms with Gasteiger partial charge in [-0.25, -0.2) is 0 Å². The molecule has 1 aliphatic heterocycles. The van der Waals surface area contributed by atoms with Gasteiger partial charge in [-0.05, 0) is 0 Å². The van der Waals surface area contributed by atoms with Gasteiger partial charge in [-0.15, -0.1) is 11.8 Å². The zero-order chi connectivity index (χ0) is 12.5. The van der Waals surface area contributed by atoms with Crippen LogP contribution in [0.5, 0.6) is 0 Å². The Balaban J connectivity index is 2.08. The molecule has 0 saturated carbocycles. The highest BCUT2D eigenvalue weighted by atomic mass is 32.2. The fourth-order valence-electron chi connectivity index (χ4n) is 1.38. The Morgan fingerprint density at radius 3 is 2.65 bits per heavy atom. The van der Waals surface area contributed by atoms with Crippen molar-refractivity contribution in [1.82, 2.24) is 10.2 Å². The number of carbonyl (C=O) groups excluding carboxylic acids is 2. The predicted molar refractivity (Wildman–Crippen MR) is 64.8 cm³/mol. The Bertz CT molecular complexity index is 257. The molecule has 98 valence electrons. The number of rotatable bonds is 6. The summed E-state index contributed by atoms with van der Waals surface area (Å²) >= 11 is 1.29. The van der Waals surface area contributed by atoms with E-state index in [0.717, 1.165) is 0 Å². The summed E-state index contributed by atoms with van der Waals surface area (Å²) in [6.07, 6.45) is 0. The summed E-state index contributed by atoms with van der Waals surface area (Å²) in [7, 11) is 0. The third kappa shape index (κ3) is 5.90. The molecule has 2 N–H and O–H groups in total. The maximum Gasteiger partial charge on any atom is 0.232 e. The van der Waals surface area contributed by atoms with Gasteiger partial charge in [0.1, 0.15) is 0 Å². The van der Waals surface area contributed by atoms with Gasteiger partial charge in [0.2, 0.25) is 11.8 Å². The van der Waals surface area contributed by atoms with E-state index in [1.807, 2.05) is 0 Å². The van der Waals surface area contributed by atoms with Crippen molar-refractivity contribution in [3.05, 3.63) is 0 Å². The summed E-state index contributed by atoms with van der Waals surface area (Å²) in [6, 6.07) is 0. The average molecular weight is 262 g/mol. The van der Waals surface area contributed by atoms with E-state index in [9.17, 15) is 9.59 Å². The van der Waals surface area contributed by atoms with Crippen molar-refractivity contribution in [3.8, 4) is 0 Å². The molecule has 1 aliphatic rings. The molecule has 0 spiro atoms.